The summed E-state index contributed by atoms with van der Waals surface area (Å²) < 4.78 is 0. The van der Waals surface area contributed by atoms with Crippen molar-refractivity contribution in [2.24, 2.45) is 5.10 Å². The summed E-state index contributed by atoms with van der Waals surface area (Å²) in [6, 6.07) is 5.58. The van der Waals surface area contributed by atoms with E-state index >= 15 is 0 Å². The minimum Gasteiger partial charge on any atom is -0.334 e. The third-order valence-electron chi connectivity index (χ3n) is 4.06. The van der Waals surface area contributed by atoms with Gasteiger partial charge < -0.3 is 10.6 Å². The molecule has 8 heteroatoms. The average Bonchev–Trinajstić information content (AvgIpc) is 3.30. The Hall–Kier alpha value is -2.19. The molecule has 1 aliphatic rings. The fraction of sp³-hybridized carbons (Fsp3) is 0.421. The molecule has 3 heterocycles. The highest BCUT2D eigenvalue weighted by Crippen LogP contribution is 2.37. The summed E-state index contributed by atoms with van der Waals surface area (Å²) in [6.45, 7) is 7.63. The lowest BCUT2D eigenvalue weighted by Crippen LogP contribution is -2.48. The van der Waals surface area contributed by atoms with Crippen LogP contribution in [0.4, 0.5) is 4.79 Å². The van der Waals surface area contributed by atoms with Gasteiger partial charge in [-0.05, 0) is 56.2 Å². The van der Waals surface area contributed by atoms with E-state index in [9.17, 15) is 9.59 Å². The van der Waals surface area contributed by atoms with E-state index < -0.39 is 0 Å². The predicted octanol–water partition coefficient (Wildman–Crippen LogP) is 3.89. The summed E-state index contributed by atoms with van der Waals surface area (Å²) in [5, 5.41) is 15.6. The molecule has 0 saturated carbocycles. The normalized spacial score (nSPS) is 17.0. The van der Waals surface area contributed by atoms with E-state index in [1.165, 1.54) is 5.01 Å². The van der Waals surface area contributed by atoms with E-state index in [1.54, 1.807) is 22.7 Å². The van der Waals surface area contributed by atoms with Gasteiger partial charge in [0.1, 0.15) is 6.54 Å². The van der Waals surface area contributed by atoms with Crippen molar-refractivity contribution in [1.29, 1.82) is 0 Å². The van der Waals surface area contributed by atoms with Crippen LogP contribution in [0.25, 0.3) is 0 Å². The average molecular weight is 405 g/mol. The maximum Gasteiger partial charge on any atom is 0.315 e. The number of amides is 3. The number of hydrogen-bond acceptors (Lipinski definition) is 5. The van der Waals surface area contributed by atoms with Crippen LogP contribution in [0.15, 0.2) is 34.1 Å². The highest BCUT2D eigenvalue weighted by molar-refractivity contribution is 7.12. The Morgan fingerprint density at radius 2 is 2.04 bits per heavy atom. The molecule has 0 saturated heterocycles. The van der Waals surface area contributed by atoms with Crippen molar-refractivity contribution in [1.82, 2.24) is 15.6 Å². The Balaban J connectivity index is 1.75. The van der Waals surface area contributed by atoms with Crippen molar-refractivity contribution in [3.63, 3.8) is 0 Å². The van der Waals surface area contributed by atoms with Gasteiger partial charge in [0.05, 0.1) is 16.6 Å². The van der Waals surface area contributed by atoms with E-state index in [0.29, 0.717) is 6.42 Å². The Morgan fingerprint density at radius 1 is 1.26 bits per heavy atom. The SMILES string of the molecule is Cc1ccsc1[C@H]1CC(c2cccs2)=NN1C(=O)CNC(=O)NC(C)(C)C. The van der Waals surface area contributed by atoms with Crippen LogP contribution in [0.5, 0.6) is 0 Å². The van der Waals surface area contributed by atoms with E-state index in [-0.39, 0.29) is 30.1 Å². The van der Waals surface area contributed by atoms with Crippen molar-refractivity contribution in [2.75, 3.05) is 6.54 Å². The zero-order valence-electron chi connectivity index (χ0n) is 15.9. The third kappa shape index (κ3) is 4.75. The third-order valence-corrected chi connectivity index (χ3v) is 6.10. The monoisotopic (exact) mass is 404 g/mol. The highest BCUT2D eigenvalue weighted by atomic mass is 32.1. The lowest BCUT2D eigenvalue weighted by atomic mass is 10.1. The molecule has 0 spiro atoms. The van der Waals surface area contributed by atoms with Crippen molar-refractivity contribution < 1.29 is 9.59 Å². The molecule has 1 aliphatic heterocycles. The molecule has 0 unspecified atom stereocenters. The second-order valence-corrected chi connectivity index (χ2v) is 9.40. The Labute approximate surface area is 167 Å². The van der Waals surface area contributed by atoms with Gasteiger partial charge in [-0.3, -0.25) is 4.79 Å². The summed E-state index contributed by atoms with van der Waals surface area (Å²) in [5.41, 5.74) is 1.71. The first-order valence-electron chi connectivity index (χ1n) is 8.78. The zero-order valence-corrected chi connectivity index (χ0v) is 17.5. The number of rotatable bonds is 4. The van der Waals surface area contributed by atoms with Crippen LogP contribution in [0, 0.1) is 6.92 Å². The number of nitrogens with zero attached hydrogens (tertiary/aromatic N) is 2. The van der Waals surface area contributed by atoms with Gasteiger partial charge in [0.15, 0.2) is 0 Å². The number of carbonyl (C=O) groups excluding carboxylic acids is 2. The first kappa shape index (κ1) is 19.6. The van der Waals surface area contributed by atoms with Crippen molar-refractivity contribution >= 4 is 40.3 Å². The maximum absolute atomic E-state index is 12.8. The summed E-state index contributed by atoms with van der Waals surface area (Å²) in [5.74, 6) is -0.219. The largest absolute Gasteiger partial charge is 0.334 e. The van der Waals surface area contributed by atoms with Gasteiger partial charge in [0.2, 0.25) is 0 Å². The van der Waals surface area contributed by atoms with Crippen LogP contribution in [0.1, 0.15) is 48.6 Å². The summed E-state index contributed by atoms with van der Waals surface area (Å²) in [6.07, 6.45) is 0.682. The molecule has 144 valence electrons. The number of nitrogens with one attached hydrogen (secondary N) is 2. The number of hydrazone groups is 1. The molecule has 0 bridgehead atoms. The summed E-state index contributed by atoms with van der Waals surface area (Å²) >= 11 is 3.25. The van der Waals surface area contributed by atoms with E-state index in [2.05, 4.69) is 21.8 Å². The molecule has 3 amide bonds. The topological polar surface area (TPSA) is 73.8 Å². The number of urea groups is 1. The molecular weight excluding hydrogens is 380 g/mol. The molecule has 2 N–H and O–H groups in total. The molecule has 0 aromatic carbocycles. The summed E-state index contributed by atoms with van der Waals surface area (Å²) in [7, 11) is 0. The standard InChI is InChI=1S/C19H24N4O2S2/c1-12-7-9-27-17(12)14-10-13(15-6-5-8-26-15)22-23(14)16(24)11-20-18(25)21-19(2,3)4/h5-9,14H,10-11H2,1-4H3,(H2,20,21,25)/t14-/m1/s1. The lowest BCUT2D eigenvalue weighted by Gasteiger charge is -2.23. The van der Waals surface area contributed by atoms with E-state index in [4.69, 9.17) is 0 Å². The van der Waals surface area contributed by atoms with Gasteiger partial charge in [0, 0.05) is 16.8 Å². The molecule has 0 radical (unpaired) electrons. The highest BCUT2D eigenvalue weighted by Gasteiger charge is 2.35. The minimum absolute atomic E-state index is 0.0932. The molecule has 2 aromatic rings. The molecule has 3 rings (SSSR count). The van der Waals surface area contributed by atoms with E-state index in [0.717, 1.165) is 21.0 Å². The number of thiophene rings is 2. The fourth-order valence-electron chi connectivity index (χ4n) is 2.88. The van der Waals surface area contributed by atoms with Gasteiger partial charge >= 0.3 is 6.03 Å². The van der Waals surface area contributed by atoms with Crippen LogP contribution in [0.3, 0.4) is 0 Å². The molecule has 2 aromatic heterocycles. The van der Waals surface area contributed by atoms with Gasteiger partial charge in [0.25, 0.3) is 5.91 Å². The first-order valence-corrected chi connectivity index (χ1v) is 10.5. The second kappa shape index (κ2) is 7.82. The van der Waals surface area contributed by atoms with Crippen LogP contribution >= 0.6 is 22.7 Å². The summed E-state index contributed by atoms with van der Waals surface area (Å²) in [4.78, 5) is 27.0. The van der Waals surface area contributed by atoms with E-state index in [1.807, 2.05) is 50.6 Å². The quantitative estimate of drug-likeness (QED) is 0.811. The maximum atomic E-state index is 12.8. The van der Waals surface area contributed by atoms with Crippen molar-refractivity contribution in [2.45, 2.75) is 45.7 Å². The molecule has 27 heavy (non-hydrogen) atoms. The fourth-order valence-corrected chi connectivity index (χ4v) is 4.62. The Bertz CT molecular complexity index is 849. The zero-order chi connectivity index (χ0) is 19.6. The van der Waals surface area contributed by atoms with Crippen LogP contribution in [0.2, 0.25) is 0 Å². The smallest absolute Gasteiger partial charge is 0.315 e. The Morgan fingerprint density at radius 3 is 2.63 bits per heavy atom. The van der Waals surface area contributed by atoms with Gasteiger partial charge in [-0.25, -0.2) is 9.80 Å². The molecule has 6 nitrogen and oxygen atoms in total. The lowest BCUT2D eigenvalue weighted by molar-refractivity contribution is -0.131. The number of hydrogen-bond donors (Lipinski definition) is 2. The minimum atomic E-state index is -0.360. The first-order chi connectivity index (χ1) is 12.7. The Kier molecular flexibility index (Phi) is 5.67. The number of carbonyl (C=O) groups is 2. The van der Waals surface area contributed by atoms with Crippen molar-refractivity contribution in [3.8, 4) is 0 Å². The van der Waals surface area contributed by atoms with Gasteiger partial charge in [-0.2, -0.15) is 5.10 Å². The van der Waals surface area contributed by atoms with Gasteiger partial charge in [-0.15, -0.1) is 22.7 Å². The molecule has 0 fully saturated rings. The molecule has 0 aliphatic carbocycles. The van der Waals surface area contributed by atoms with Crippen LogP contribution in [-0.2, 0) is 4.79 Å². The predicted molar refractivity (Wildman–Crippen MR) is 110 cm³/mol. The number of aryl methyl sites for hydroxylation is 1. The van der Waals surface area contributed by atoms with Crippen molar-refractivity contribution in [3.05, 3.63) is 44.3 Å². The van der Waals surface area contributed by atoms with Gasteiger partial charge in [-0.1, -0.05) is 6.07 Å². The van der Waals surface area contributed by atoms with Crippen LogP contribution in [-0.4, -0.2) is 34.7 Å². The van der Waals surface area contributed by atoms with Crippen LogP contribution < -0.4 is 10.6 Å². The molecular formula is C19H24N4O2S2. The molecule has 1 atom stereocenters. The second-order valence-electron chi connectivity index (χ2n) is 7.51.